The summed E-state index contributed by atoms with van der Waals surface area (Å²) in [6, 6.07) is 4.57. The van der Waals surface area contributed by atoms with Crippen molar-refractivity contribution in [1.82, 2.24) is 9.97 Å². The lowest BCUT2D eigenvalue weighted by Crippen LogP contribution is -2.06. The van der Waals surface area contributed by atoms with Crippen molar-refractivity contribution in [3.05, 3.63) is 40.5 Å². The topological polar surface area (TPSA) is 54.7 Å². The van der Waals surface area contributed by atoms with Crippen LogP contribution in [0.2, 0.25) is 0 Å². The van der Waals surface area contributed by atoms with Crippen molar-refractivity contribution < 1.29 is 4.39 Å². The number of imidazole rings is 1. The molecule has 16 heavy (non-hydrogen) atoms. The molecule has 84 valence electrons. The summed E-state index contributed by atoms with van der Waals surface area (Å²) in [6.07, 6.45) is 1.59. The summed E-state index contributed by atoms with van der Waals surface area (Å²) in [5.41, 5.74) is 6.79. The van der Waals surface area contributed by atoms with Crippen LogP contribution in [0.15, 0.2) is 28.9 Å². The second kappa shape index (κ2) is 4.35. The second-order valence-corrected chi connectivity index (χ2v) is 4.51. The van der Waals surface area contributed by atoms with Crippen LogP contribution in [0, 0.1) is 5.82 Å². The van der Waals surface area contributed by atoms with Crippen molar-refractivity contribution in [2.75, 3.05) is 0 Å². The van der Waals surface area contributed by atoms with Crippen LogP contribution in [0.4, 0.5) is 4.39 Å². The summed E-state index contributed by atoms with van der Waals surface area (Å²) in [5.74, 6) is 0.359. The Bertz CT molecular complexity index is 508. The molecular weight excluding hydrogens is 273 g/mol. The van der Waals surface area contributed by atoms with Gasteiger partial charge in [0.25, 0.3) is 0 Å². The highest BCUT2D eigenvalue weighted by atomic mass is 79.9. The van der Waals surface area contributed by atoms with Crippen LogP contribution in [-0.4, -0.2) is 9.97 Å². The van der Waals surface area contributed by atoms with Gasteiger partial charge in [-0.25, -0.2) is 9.37 Å². The second-order valence-electron chi connectivity index (χ2n) is 3.59. The van der Waals surface area contributed by atoms with E-state index in [9.17, 15) is 4.39 Å². The van der Waals surface area contributed by atoms with E-state index in [2.05, 4.69) is 25.9 Å². The van der Waals surface area contributed by atoms with Crippen LogP contribution in [0.5, 0.6) is 0 Å². The Kier molecular flexibility index (Phi) is 3.07. The zero-order chi connectivity index (χ0) is 11.7. The van der Waals surface area contributed by atoms with E-state index >= 15 is 0 Å². The Hall–Kier alpha value is -1.20. The number of H-pyrrole nitrogens is 1. The molecule has 0 aliphatic heterocycles. The number of aromatic nitrogens is 2. The molecule has 1 atom stereocenters. The van der Waals surface area contributed by atoms with Crippen LogP contribution in [-0.2, 0) is 0 Å². The summed E-state index contributed by atoms with van der Waals surface area (Å²) in [5, 5.41) is 0. The van der Waals surface area contributed by atoms with E-state index in [-0.39, 0.29) is 11.9 Å². The van der Waals surface area contributed by atoms with Gasteiger partial charge < -0.3 is 10.7 Å². The molecule has 2 rings (SSSR count). The third-order valence-electron chi connectivity index (χ3n) is 2.25. The first kappa shape index (κ1) is 11.3. The third kappa shape index (κ3) is 2.15. The molecule has 1 aromatic carbocycles. The fourth-order valence-corrected chi connectivity index (χ4v) is 1.77. The first-order valence-corrected chi connectivity index (χ1v) is 5.63. The van der Waals surface area contributed by atoms with E-state index in [1.54, 1.807) is 18.3 Å². The maximum absolute atomic E-state index is 13.6. The highest BCUT2D eigenvalue weighted by molar-refractivity contribution is 9.10. The van der Waals surface area contributed by atoms with Gasteiger partial charge in [-0.05, 0) is 25.1 Å². The third-order valence-corrected chi connectivity index (χ3v) is 2.74. The lowest BCUT2D eigenvalue weighted by Gasteiger charge is -2.02. The van der Waals surface area contributed by atoms with Gasteiger partial charge in [0.05, 0.1) is 17.9 Å². The predicted molar refractivity (Wildman–Crippen MR) is 64.3 cm³/mol. The van der Waals surface area contributed by atoms with Gasteiger partial charge in [0.2, 0.25) is 0 Å². The molecule has 0 aliphatic rings. The molecular formula is C11H11BrFN3. The van der Waals surface area contributed by atoms with E-state index in [0.717, 1.165) is 4.47 Å². The summed E-state index contributed by atoms with van der Waals surface area (Å²) < 4.78 is 14.4. The van der Waals surface area contributed by atoms with Crippen molar-refractivity contribution >= 4 is 15.9 Å². The first-order chi connectivity index (χ1) is 7.58. The molecule has 0 radical (unpaired) electrons. The molecule has 0 bridgehead atoms. The summed E-state index contributed by atoms with van der Waals surface area (Å²) in [6.45, 7) is 1.82. The fourth-order valence-electron chi connectivity index (χ4n) is 1.41. The monoisotopic (exact) mass is 283 g/mol. The minimum atomic E-state index is -0.289. The van der Waals surface area contributed by atoms with Crippen LogP contribution in [0.1, 0.15) is 18.8 Å². The first-order valence-electron chi connectivity index (χ1n) is 4.84. The smallest absolute Gasteiger partial charge is 0.132 e. The SMILES string of the molecule is CC(N)c1ncc(-c2cc(Br)ccc2F)[nH]1. The van der Waals surface area contributed by atoms with Gasteiger partial charge >= 0.3 is 0 Å². The molecule has 0 saturated carbocycles. The van der Waals surface area contributed by atoms with Gasteiger partial charge in [0.15, 0.2) is 0 Å². The highest BCUT2D eigenvalue weighted by Crippen LogP contribution is 2.25. The maximum atomic E-state index is 13.6. The van der Waals surface area contributed by atoms with Crippen molar-refractivity contribution in [2.24, 2.45) is 5.73 Å². The Labute approximate surface area is 101 Å². The number of halogens is 2. The molecule has 0 amide bonds. The minimum Gasteiger partial charge on any atom is -0.341 e. The molecule has 1 unspecified atom stereocenters. The molecule has 1 heterocycles. The summed E-state index contributed by atoms with van der Waals surface area (Å²) in [7, 11) is 0. The molecule has 3 N–H and O–H groups in total. The van der Waals surface area contributed by atoms with E-state index in [0.29, 0.717) is 17.1 Å². The molecule has 2 aromatic rings. The number of aromatic amines is 1. The number of rotatable bonds is 2. The van der Waals surface area contributed by atoms with E-state index in [1.807, 2.05) is 6.92 Å². The zero-order valence-corrected chi connectivity index (χ0v) is 10.3. The predicted octanol–water partition coefficient (Wildman–Crippen LogP) is 3.00. The number of hydrogen-bond donors (Lipinski definition) is 2. The van der Waals surface area contributed by atoms with Gasteiger partial charge in [-0.15, -0.1) is 0 Å². The lowest BCUT2D eigenvalue weighted by atomic mass is 10.1. The zero-order valence-electron chi connectivity index (χ0n) is 8.67. The molecule has 3 nitrogen and oxygen atoms in total. The van der Waals surface area contributed by atoms with Gasteiger partial charge in [-0.2, -0.15) is 0 Å². The number of nitrogens with two attached hydrogens (primary N) is 1. The van der Waals surface area contributed by atoms with Crippen LogP contribution in [0.3, 0.4) is 0 Å². The Morgan fingerprint density at radius 3 is 2.88 bits per heavy atom. The minimum absolute atomic E-state index is 0.191. The van der Waals surface area contributed by atoms with Gasteiger partial charge in [0, 0.05) is 10.0 Å². The maximum Gasteiger partial charge on any atom is 0.132 e. The molecule has 0 saturated heterocycles. The summed E-state index contributed by atoms with van der Waals surface area (Å²) >= 11 is 3.30. The Morgan fingerprint density at radius 2 is 2.25 bits per heavy atom. The normalized spacial score (nSPS) is 12.8. The van der Waals surface area contributed by atoms with Crippen LogP contribution >= 0.6 is 15.9 Å². The van der Waals surface area contributed by atoms with Crippen molar-refractivity contribution in [3.8, 4) is 11.3 Å². The van der Waals surface area contributed by atoms with E-state index in [4.69, 9.17) is 5.73 Å². The van der Waals surface area contributed by atoms with Gasteiger partial charge in [-0.3, -0.25) is 0 Å². The quantitative estimate of drug-likeness (QED) is 0.890. The standard InChI is InChI=1S/C11H11BrFN3/c1-6(14)11-15-5-10(16-11)8-4-7(12)2-3-9(8)13/h2-6H,14H2,1H3,(H,15,16). The van der Waals surface area contributed by atoms with Crippen molar-refractivity contribution in [2.45, 2.75) is 13.0 Å². The molecule has 0 aliphatic carbocycles. The van der Waals surface area contributed by atoms with Crippen LogP contribution < -0.4 is 5.73 Å². The van der Waals surface area contributed by atoms with Crippen molar-refractivity contribution in [1.29, 1.82) is 0 Å². The summed E-state index contributed by atoms with van der Waals surface area (Å²) in [4.78, 5) is 7.10. The molecule has 1 aromatic heterocycles. The fraction of sp³-hybridized carbons (Fsp3) is 0.182. The highest BCUT2D eigenvalue weighted by Gasteiger charge is 2.10. The number of benzene rings is 1. The average Bonchev–Trinajstić information content (AvgIpc) is 2.70. The van der Waals surface area contributed by atoms with E-state index < -0.39 is 0 Å². The van der Waals surface area contributed by atoms with Gasteiger partial charge in [-0.1, -0.05) is 15.9 Å². The molecule has 5 heteroatoms. The van der Waals surface area contributed by atoms with Crippen LogP contribution in [0.25, 0.3) is 11.3 Å². The number of hydrogen-bond acceptors (Lipinski definition) is 2. The Morgan fingerprint density at radius 1 is 1.50 bits per heavy atom. The molecule has 0 fully saturated rings. The van der Waals surface area contributed by atoms with Gasteiger partial charge in [0.1, 0.15) is 11.6 Å². The Balaban J connectivity index is 2.46. The number of nitrogens with one attached hydrogen (secondary N) is 1. The number of nitrogens with zero attached hydrogens (tertiary/aromatic N) is 1. The average molecular weight is 284 g/mol. The molecule has 0 spiro atoms. The van der Waals surface area contributed by atoms with E-state index in [1.165, 1.54) is 6.07 Å². The van der Waals surface area contributed by atoms with Crippen molar-refractivity contribution in [3.63, 3.8) is 0 Å². The largest absolute Gasteiger partial charge is 0.341 e. The lowest BCUT2D eigenvalue weighted by molar-refractivity contribution is 0.630.